The molecule has 2 aromatic carbocycles. The van der Waals surface area contributed by atoms with E-state index in [0.717, 1.165) is 18.4 Å². The topological polar surface area (TPSA) is 66.4 Å². The summed E-state index contributed by atoms with van der Waals surface area (Å²) in [7, 11) is 0. The van der Waals surface area contributed by atoms with Crippen LogP contribution in [0.4, 0.5) is 5.69 Å². The Bertz CT molecular complexity index is 811. The molecule has 0 atom stereocenters. The zero-order chi connectivity index (χ0) is 17.8. The Balaban J connectivity index is 1.57. The van der Waals surface area contributed by atoms with Crippen LogP contribution in [0.2, 0.25) is 0 Å². The highest BCUT2D eigenvalue weighted by Gasteiger charge is 2.14. The number of carbonyl (C=O) groups excluding carboxylic acids is 2. The number of phenols is 1. The third-order valence-corrected chi connectivity index (χ3v) is 4.68. The molecule has 1 aliphatic rings. The molecule has 0 radical (unpaired) electrons. The molecule has 0 aliphatic heterocycles. The number of Topliss-reactive ketones (excluding diaryl/α,β-unsaturated/α-hetero) is 1. The third-order valence-electron chi connectivity index (χ3n) is 4.68. The Morgan fingerprint density at radius 1 is 1.00 bits per heavy atom. The predicted molar refractivity (Wildman–Crippen MR) is 98.1 cm³/mol. The summed E-state index contributed by atoms with van der Waals surface area (Å²) in [5, 5.41) is 12.5. The van der Waals surface area contributed by atoms with Gasteiger partial charge in [-0.05, 0) is 67.5 Å². The van der Waals surface area contributed by atoms with Crippen molar-refractivity contribution in [2.24, 2.45) is 0 Å². The summed E-state index contributed by atoms with van der Waals surface area (Å²) in [6.07, 6.45) is 4.77. The molecule has 2 aromatic rings. The van der Waals surface area contributed by atoms with E-state index in [2.05, 4.69) is 5.32 Å². The molecule has 0 aromatic heterocycles. The van der Waals surface area contributed by atoms with Gasteiger partial charge in [0.25, 0.3) is 0 Å². The number of rotatable bonds is 5. The molecule has 4 nitrogen and oxygen atoms in total. The number of hydrogen-bond donors (Lipinski definition) is 2. The van der Waals surface area contributed by atoms with Gasteiger partial charge in [0.2, 0.25) is 5.91 Å². The van der Waals surface area contributed by atoms with E-state index in [1.807, 2.05) is 31.2 Å². The Hall–Kier alpha value is -2.62. The summed E-state index contributed by atoms with van der Waals surface area (Å²) in [6, 6.07) is 11.0. The summed E-state index contributed by atoms with van der Waals surface area (Å²) in [4.78, 5) is 24.4. The maximum Gasteiger partial charge on any atom is 0.224 e. The first-order valence-electron chi connectivity index (χ1n) is 8.77. The highest BCUT2D eigenvalue weighted by atomic mass is 16.3. The second kappa shape index (κ2) is 7.51. The molecule has 0 saturated heterocycles. The standard InChI is InChI=1S/C21H23NO3/c1-14-6-9-18(20(24)12-14)22-21(25)11-10-19(23)17-8-7-15-4-2-3-5-16(15)13-17/h6-9,12-13,24H,2-5,10-11H2,1H3,(H,22,25). The van der Waals surface area contributed by atoms with Crippen LogP contribution in [0.5, 0.6) is 5.75 Å². The number of anilines is 1. The number of fused-ring (bicyclic) bond motifs is 1. The number of ketones is 1. The number of hydrogen-bond acceptors (Lipinski definition) is 3. The minimum atomic E-state index is -0.273. The minimum absolute atomic E-state index is 0.0170. The Labute approximate surface area is 147 Å². The first-order valence-corrected chi connectivity index (χ1v) is 8.77. The van der Waals surface area contributed by atoms with Gasteiger partial charge in [-0.15, -0.1) is 0 Å². The molecule has 3 rings (SSSR count). The smallest absolute Gasteiger partial charge is 0.224 e. The van der Waals surface area contributed by atoms with Crippen molar-refractivity contribution < 1.29 is 14.7 Å². The van der Waals surface area contributed by atoms with Gasteiger partial charge in [-0.3, -0.25) is 9.59 Å². The van der Waals surface area contributed by atoms with Gasteiger partial charge in [0.1, 0.15) is 5.75 Å². The van der Waals surface area contributed by atoms with Gasteiger partial charge >= 0.3 is 0 Å². The molecular formula is C21H23NO3. The van der Waals surface area contributed by atoms with E-state index in [0.29, 0.717) is 11.3 Å². The zero-order valence-corrected chi connectivity index (χ0v) is 14.5. The van der Waals surface area contributed by atoms with Crippen molar-refractivity contribution in [2.75, 3.05) is 5.32 Å². The van der Waals surface area contributed by atoms with Crippen molar-refractivity contribution in [2.45, 2.75) is 45.4 Å². The van der Waals surface area contributed by atoms with Crippen molar-refractivity contribution >= 4 is 17.4 Å². The lowest BCUT2D eigenvalue weighted by atomic mass is 9.89. The van der Waals surface area contributed by atoms with Crippen LogP contribution in [-0.2, 0) is 17.6 Å². The fourth-order valence-electron chi connectivity index (χ4n) is 3.24. The van der Waals surface area contributed by atoms with Crippen LogP contribution in [0, 0.1) is 6.92 Å². The van der Waals surface area contributed by atoms with Crippen LogP contribution in [-0.4, -0.2) is 16.8 Å². The second-order valence-electron chi connectivity index (χ2n) is 6.68. The van der Waals surface area contributed by atoms with E-state index in [4.69, 9.17) is 0 Å². The average molecular weight is 337 g/mol. The number of benzene rings is 2. The van der Waals surface area contributed by atoms with E-state index in [-0.39, 0.29) is 30.3 Å². The van der Waals surface area contributed by atoms with Gasteiger partial charge in [-0.25, -0.2) is 0 Å². The summed E-state index contributed by atoms with van der Waals surface area (Å²) >= 11 is 0. The van der Waals surface area contributed by atoms with E-state index in [1.54, 1.807) is 12.1 Å². The van der Waals surface area contributed by atoms with Gasteiger partial charge in [0.05, 0.1) is 5.69 Å². The third kappa shape index (κ3) is 4.27. The quantitative estimate of drug-likeness (QED) is 0.635. The second-order valence-corrected chi connectivity index (χ2v) is 6.68. The predicted octanol–water partition coefficient (Wildman–Crippen LogP) is 4.18. The van der Waals surface area contributed by atoms with Crippen molar-refractivity contribution in [3.63, 3.8) is 0 Å². The van der Waals surface area contributed by atoms with E-state index < -0.39 is 0 Å². The van der Waals surface area contributed by atoms with Gasteiger partial charge in [0, 0.05) is 18.4 Å². The summed E-state index contributed by atoms with van der Waals surface area (Å²) in [5.41, 5.74) is 4.59. The molecule has 1 amide bonds. The molecule has 0 fully saturated rings. The Morgan fingerprint density at radius 2 is 1.76 bits per heavy atom. The number of carbonyl (C=O) groups is 2. The normalized spacial score (nSPS) is 13.2. The molecule has 25 heavy (non-hydrogen) atoms. The van der Waals surface area contributed by atoms with Crippen molar-refractivity contribution in [1.29, 1.82) is 0 Å². The maximum atomic E-state index is 12.4. The van der Waals surface area contributed by atoms with E-state index in [1.165, 1.54) is 24.0 Å². The summed E-state index contributed by atoms with van der Waals surface area (Å²) in [6.45, 7) is 1.86. The zero-order valence-electron chi connectivity index (χ0n) is 14.5. The van der Waals surface area contributed by atoms with Crippen molar-refractivity contribution in [1.82, 2.24) is 0 Å². The van der Waals surface area contributed by atoms with Crippen LogP contribution < -0.4 is 5.32 Å². The largest absolute Gasteiger partial charge is 0.506 e. The van der Waals surface area contributed by atoms with Gasteiger partial charge in [0.15, 0.2) is 5.78 Å². The molecule has 4 heteroatoms. The van der Waals surface area contributed by atoms with Crippen LogP contribution in [0.15, 0.2) is 36.4 Å². The highest BCUT2D eigenvalue weighted by molar-refractivity contribution is 6.00. The van der Waals surface area contributed by atoms with Gasteiger partial charge in [-0.1, -0.05) is 18.2 Å². The minimum Gasteiger partial charge on any atom is -0.506 e. The fourth-order valence-corrected chi connectivity index (χ4v) is 3.24. The molecule has 130 valence electrons. The summed E-state index contributed by atoms with van der Waals surface area (Å²) in [5.74, 6) is -0.253. The molecular weight excluding hydrogens is 314 g/mol. The fraction of sp³-hybridized carbons (Fsp3) is 0.333. The van der Waals surface area contributed by atoms with Crippen molar-refractivity contribution in [3.8, 4) is 5.75 Å². The summed E-state index contributed by atoms with van der Waals surface area (Å²) < 4.78 is 0. The lowest BCUT2D eigenvalue weighted by Gasteiger charge is -2.16. The highest BCUT2D eigenvalue weighted by Crippen LogP contribution is 2.25. The van der Waals surface area contributed by atoms with Crippen LogP contribution in [0.3, 0.4) is 0 Å². The molecule has 0 unspecified atom stereocenters. The number of amides is 1. The van der Waals surface area contributed by atoms with E-state index >= 15 is 0 Å². The number of aromatic hydroxyl groups is 1. The van der Waals surface area contributed by atoms with Crippen LogP contribution >= 0.6 is 0 Å². The monoisotopic (exact) mass is 337 g/mol. The Kier molecular flexibility index (Phi) is 5.17. The van der Waals surface area contributed by atoms with Crippen LogP contribution in [0.25, 0.3) is 0 Å². The molecule has 1 aliphatic carbocycles. The first kappa shape index (κ1) is 17.2. The lowest BCUT2D eigenvalue weighted by molar-refractivity contribution is -0.116. The molecule has 0 spiro atoms. The lowest BCUT2D eigenvalue weighted by Crippen LogP contribution is -2.14. The average Bonchev–Trinajstić information content (AvgIpc) is 2.61. The van der Waals surface area contributed by atoms with E-state index in [9.17, 15) is 14.7 Å². The first-order chi connectivity index (χ1) is 12.0. The molecule has 0 heterocycles. The SMILES string of the molecule is Cc1ccc(NC(=O)CCC(=O)c2ccc3c(c2)CCCC3)c(O)c1. The number of aryl methyl sites for hydroxylation is 3. The van der Waals surface area contributed by atoms with Crippen molar-refractivity contribution in [3.05, 3.63) is 58.7 Å². The van der Waals surface area contributed by atoms with Gasteiger partial charge in [-0.2, -0.15) is 0 Å². The number of nitrogens with one attached hydrogen (secondary N) is 1. The van der Waals surface area contributed by atoms with Crippen LogP contribution in [0.1, 0.15) is 52.7 Å². The number of phenolic OH excluding ortho intramolecular Hbond substituents is 1. The maximum absolute atomic E-state index is 12.4. The van der Waals surface area contributed by atoms with Gasteiger partial charge < -0.3 is 10.4 Å². The molecule has 0 saturated carbocycles. The Morgan fingerprint density at radius 3 is 2.52 bits per heavy atom. The molecule has 0 bridgehead atoms. The molecule has 2 N–H and O–H groups in total.